The predicted molar refractivity (Wildman–Crippen MR) is 121 cm³/mol. The third kappa shape index (κ3) is 5.61. The highest BCUT2D eigenvalue weighted by Gasteiger charge is 2.25. The van der Waals surface area contributed by atoms with E-state index in [-0.39, 0.29) is 11.8 Å². The van der Waals surface area contributed by atoms with Gasteiger partial charge in [-0.25, -0.2) is 0 Å². The number of nitrogens with zero attached hydrogens (tertiary/aromatic N) is 2. The van der Waals surface area contributed by atoms with Crippen LogP contribution >= 0.6 is 0 Å². The monoisotopic (exact) mass is 404 g/mol. The first-order valence-corrected chi connectivity index (χ1v) is 10.6. The molecule has 0 radical (unpaired) electrons. The summed E-state index contributed by atoms with van der Waals surface area (Å²) in [7, 11) is 1.68. The van der Waals surface area contributed by atoms with Crippen LogP contribution in [0.4, 0.5) is 0 Å². The molecule has 1 amide bonds. The molecule has 0 aliphatic rings. The lowest BCUT2D eigenvalue weighted by Crippen LogP contribution is -2.37. The van der Waals surface area contributed by atoms with Gasteiger partial charge in [-0.05, 0) is 36.6 Å². The van der Waals surface area contributed by atoms with E-state index in [1.807, 2.05) is 35.2 Å². The minimum atomic E-state index is -0.136. The molecule has 158 valence electrons. The van der Waals surface area contributed by atoms with Gasteiger partial charge in [0, 0.05) is 32.1 Å². The number of aryl methyl sites for hydroxylation is 1. The zero-order chi connectivity index (χ0) is 21.3. The number of aromatic nitrogens is 1. The van der Waals surface area contributed by atoms with Gasteiger partial charge in [-0.15, -0.1) is 0 Å². The smallest absolute Gasteiger partial charge is 0.230 e. The fourth-order valence-corrected chi connectivity index (χ4v) is 3.76. The van der Waals surface area contributed by atoms with Crippen molar-refractivity contribution in [3.05, 3.63) is 95.3 Å². The normalized spacial score (nSPS) is 12.0. The van der Waals surface area contributed by atoms with E-state index in [2.05, 4.69) is 61.0 Å². The van der Waals surface area contributed by atoms with Crippen molar-refractivity contribution in [1.82, 2.24) is 9.47 Å². The van der Waals surface area contributed by atoms with Crippen molar-refractivity contribution in [2.75, 3.05) is 20.3 Å². The number of hydrogen-bond donors (Lipinski definition) is 0. The zero-order valence-corrected chi connectivity index (χ0v) is 18.3. The van der Waals surface area contributed by atoms with E-state index in [0.717, 1.165) is 24.2 Å². The summed E-state index contributed by atoms with van der Waals surface area (Å²) in [4.78, 5) is 15.4. The zero-order valence-electron chi connectivity index (χ0n) is 18.3. The highest BCUT2D eigenvalue weighted by Crippen LogP contribution is 2.23. The lowest BCUT2D eigenvalue weighted by atomic mass is 9.95. The molecule has 3 aromatic rings. The lowest BCUT2D eigenvalue weighted by molar-refractivity contribution is -0.134. The van der Waals surface area contributed by atoms with Crippen LogP contribution in [0.5, 0.6) is 0 Å². The van der Waals surface area contributed by atoms with E-state index < -0.39 is 0 Å². The largest absolute Gasteiger partial charge is 0.383 e. The molecule has 0 unspecified atom stereocenters. The average Bonchev–Trinajstić information content (AvgIpc) is 3.20. The maximum atomic E-state index is 13.5. The van der Waals surface area contributed by atoms with Crippen LogP contribution in [0.2, 0.25) is 0 Å². The van der Waals surface area contributed by atoms with Gasteiger partial charge >= 0.3 is 0 Å². The van der Waals surface area contributed by atoms with E-state index in [1.165, 1.54) is 11.1 Å². The Morgan fingerprint density at radius 1 is 1.03 bits per heavy atom. The van der Waals surface area contributed by atoms with Gasteiger partial charge < -0.3 is 14.2 Å². The molecule has 0 saturated carbocycles. The molecule has 4 heteroatoms. The Morgan fingerprint density at radius 2 is 1.77 bits per heavy atom. The molecular formula is C26H32N2O2. The Bertz CT molecular complexity index is 916. The summed E-state index contributed by atoms with van der Waals surface area (Å²) in [5.41, 5.74) is 4.71. The lowest BCUT2D eigenvalue weighted by Gasteiger charge is -2.27. The Balaban J connectivity index is 1.79. The van der Waals surface area contributed by atoms with Crippen LogP contribution in [0.3, 0.4) is 0 Å². The SMILES string of the molecule is CC[C@@H](C(=O)N(CCOC)Cc1cccn1Cc1ccc(C)cc1)c1ccccc1. The van der Waals surface area contributed by atoms with Crippen molar-refractivity contribution in [1.29, 1.82) is 0 Å². The summed E-state index contributed by atoms with van der Waals surface area (Å²) < 4.78 is 7.52. The van der Waals surface area contributed by atoms with Crippen LogP contribution in [0.25, 0.3) is 0 Å². The quantitative estimate of drug-likeness (QED) is 0.476. The second-order valence-electron chi connectivity index (χ2n) is 7.74. The number of hydrogen-bond acceptors (Lipinski definition) is 2. The fourth-order valence-electron chi connectivity index (χ4n) is 3.76. The first-order valence-electron chi connectivity index (χ1n) is 10.6. The number of carbonyl (C=O) groups is 1. The minimum absolute atomic E-state index is 0.136. The van der Waals surface area contributed by atoms with Crippen molar-refractivity contribution in [3.63, 3.8) is 0 Å². The van der Waals surface area contributed by atoms with Gasteiger partial charge in [-0.2, -0.15) is 0 Å². The van der Waals surface area contributed by atoms with Crippen LogP contribution in [0.15, 0.2) is 72.9 Å². The minimum Gasteiger partial charge on any atom is -0.383 e. The van der Waals surface area contributed by atoms with Crippen molar-refractivity contribution in [3.8, 4) is 0 Å². The summed E-state index contributed by atoms with van der Waals surface area (Å²) in [5, 5.41) is 0. The first kappa shape index (κ1) is 21.8. The van der Waals surface area contributed by atoms with Crippen molar-refractivity contribution < 1.29 is 9.53 Å². The van der Waals surface area contributed by atoms with E-state index in [9.17, 15) is 4.79 Å². The highest BCUT2D eigenvalue weighted by molar-refractivity contribution is 5.83. The number of carbonyl (C=O) groups excluding carboxylic acids is 1. The third-order valence-corrected chi connectivity index (χ3v) is 5.54. The molecule has 0 aliphatic heterocycles. The topological polar surface area (TPSA) is 34.5 Å². The molecule has 2 aromatic carbocycles. The molecule has 30 heavy (non-hydrogen) atoms. The summed E-state index contributed by atoms with van der Waals surface area (Å²) in [5.74, 6) is 0.0207. The molecule has 3 rings (SSSR count). The Hall–Kier alpha value is -2.85. The van der Waals surface area contributed by atoms with Crippen LogP contribution in [0.1, 0.15) is 41.6 Å². The number of benzene rings is 2. The second kappa shape index (κ2) is 10.8. The summed E-state index contributed by atoms with van der Waals surface area (Å²) >= 11 is 0. The van der Waals surface area contributed by atoms with Gasteiger partial charge in [0.15, 0.2) is 0 Å². The summed E-state index contributed by atoms with van der Waals surface area (Å²) in [6, 6.07) is 22.8. The predicted octanol–water partition coefficient (Wildman–Crippen LogP) is 5.01. The molecule has 0 bridgehead atoms. The first-order chi connectivity index (χ1) is 14.6. The molecule has 0 spiro atoms. The van der Waals surface area contributed by atoms with Crippen LogP contribution in [0, 0.1) is 6.92 Å². The van der Waals surface area contributed by atoms with Gasteiger partial charge in [0.1, 0.15) is 0 Å². The van der Waals surface area contributed by atoms with Crippen molar-refractivity contribution in [2.45, 2.75) is 39.3 Å². The molecule has 1 heterocycles. The van der Waals surface area contributed by atoms with Gasteiger partial charge in [0.2, 0.25) is 5.91 Å². The van der Waals surface area contributed by atoms with Gasteiger partial charge in [0.25, 0.3) is 0 Å². The van der Waals surface area contributed by atoms with Crippen molar-refractivity contribution in [2.24, 2.45) is 0 Å². The number of amides is 1. The van der Waals surface area contributed by atoms with E-state index in [0.29, 0.717) is 19.7 Å². The van der Waals surface area contributed by atoms with Crippen molar-refractivity contribution >= 4 is 5.91 Å². The van der Waals surface area contributed by atoms with Gasteiger partial charge in [-0.1, -0.05) is 67.1 Å². The fraction of sp³-hybridized carbons (Fsp3) is 0.346. The Labute approximate surface area is 180 Å². The average molecular weight is 405 g/mol. The maximum Gasteiger partial charge on any atom is 0.230 e. The van der Waals surface area contributed by atoms with E-state index >= 15 is 0 Å². The molecule has 0 aliphatic carbocycles. The van der Waals surface area contributed by atoms with E-state index in [1.54, 1.807) is 7.11 Å². The number of ether oxygens (including phenoxy) is 1. The Kier molecular flexibility index (Phi) is 7.86. The Morgan fingerprint density at radius 3 is 2.43 bits per heavy atom. The third-order valence-electron chi connectivity index (χ3n) is 5.54. The number of rotatable bonds is 10. The van der Waals surface area contributed by atoms with Gasteiger partial charge in [0.05, 0.1) is 19.1 Å². The second-order valence-corrected chi connectivity index (χ2v) is 7.74. The molecule has 0 N–H and O–H groups in total. The molecule has 4 nitrogen and oxygen atoms in total. The molecule has 1 aromatic heterocycles. The molecule has 1 atom stereocenters. The van der Waals surface area contributed by atoms with E-state index in [4.69, 9.17) is 4.74 Å². The van der Waals surface area contributed by atoms with Crippen LogP contribution in [-0.2, 0) is 22.6 Å². The summed E-state index contributed by atoms with van der Waals surface area (Å²) in [6.07, 6.45) is 2.86. The summed E-state index contributed by atoms with van der Waals surface area (Å²) in [6.45, 7) is 6.64. The molecule has 0 fully saturated rings. The number of methoxy groups -OCH3 is 1. The van der Waals surface area contributed by atoms with Crippen LogP contribution < -0.4 is 0 Å². The molecule has 0 saturated heterocycles. The van der Waals surface area contributed by atoms with Gasteiger partial charge in [-0.3, -0.25) is 4.79 Å². The van der Waals surface area contributed by atoms with Crippen LogP contribution in [-0.4, -0.2) is 35.6 Å². The standard InChI is InChI=1S/C26H32N2O2/c1-4-25(23-9-6-5-7-10-23)26(29)28(17-18-30-3)20-24-11-8-16-27(24)19-22-14-12-21(2)13-15-22/h5-16,25H,4,17-20H2,1-3H3/t25-/m1/s1. The molecular weight excluding hydrogens is 372 g/mol. The maximum absolute atomic E-state index is 13.5. The highest BCUT2D eigenvalue weighted by atomic mass is 16.5.